The minimum absolute atomic E-state index is 0.209. The van der Waals surface area contributed by atoms with Gasteiger partial charge < -0.3 is 15.0 Å². The highest BCUT2D eigenvalue weighted by atomic mass is 16.5. The Kier molecular flexibility index (Phi) is 5.49. The largest absolute Gasteiger partial charge is 0.381 e. The summed E-state index contributed by atoms with van der Waals surface area (Å²) in [4.78, 5) is 2.71. The molecule has 3 heteroatoms. The lowest BCUT2D eigenvalue weighted by Crippen LogP contribution is -2.52. The van der Waals surface area contributed by atoms with Crippen molar-refractivity contribution < 1.29 is 4.74 Å². The lowest BCUT2D eigenvalue weighted by molar-refractivity contribution is -0.0129. The number of rotatable bonds is 4. The summed E-state index contributed by atoms with van der Waals surface area (Å²) < 4.78 is 5.62. The molecule has 2 rings (SSSR count). The standard InChI is InChI=1S/C17H34N2O/c1-15-6-5-9-19(12-15)14-17(7-10-20-11-8-17)13-18-16(2,3)4/h15,18H,5-14H2,1-4H3. The van der Waals surface area contributed by atoms with Crippen LogP contribution < -0.4 is 5.32 Å². The fourth-order valence-corrected chi connectivity index (χ4v) is 3.55. The highest BCUT2D eigenvalue weighted by Gasteiger charge is 2.36. The zero-order valence-corrected chi connectivity index (χ0v) is 14.0. The first-order valence-corrected chi connectivity index (χ1v) is 8.44. The molecule has 2 heterocycles. The van der Waals surface area contributed by atoms with Crippen molar-refractivity contribution in [3.63, 3.8) is 0 Å². The SMILES string of the molecule is CC1CCCN(CC2(CNC(C)(C)C)CCOCC2)C1. The maximum atomic E-state index is 5.62. The molecular weight excluding hydrogens is 248 g/mol. The summed E-state index contributed by atoms with van der Waals surface area (Å²) in [6.45, 7) is 16.0. The number of likely N-dealkylation sites (tertiary alicyclic amines) is 1. The normalized spacial score (nSPS) is 28.5. The van der Waals surface area contributed by atoms with Crippen LogP contribution in [0.4, 0.5) is 0 Å². The second-order valence-corrected chi connectivity index (χ2v) is 8.20. The summed E-state index contributed by atoms with van der Waals surface area (Å²) in [5.41, 5.74) is 0.628. The minimum atomic E-state index is 0.209. The van der Waals surface area contributed by atoms with Crippen molar-refractivity contribution in [1.82, 2.24) is 10.2 Å². The maximum absolute atomic E-state index is 5.62. The van der Waals surface area contributed by atoms with Gasteiger partial charge in [0.1, 0.15) is 0 Å². The van der Waals surface area contributed by atoms with Crippen LogP contribution in [0.5, 0.6) is 0 Å². The molecule has 1 N–H and O–H groups in total. The van der Waals surface area contributed by atoms with Gasteiger partial charge in [-0.1, -0.05) is 6.92 Å². The smallest absolute Gasteiger partial charge is 0.0472 e. The van der Waals surface area contributed by atoms with E-state index in [2.05, 4.69) is 37.9 Å². The predicted octanol–water partition coefficient (Wildman–Crippen LogP) is 2.90. The Bertz CT molecular complexity index is 292. The van der Waals surface area contributed by atoms with Crippen molar-refractivity contribution in [3.05, 3.63) is 0 Å². The monoisotopic (exact) mass is 282 g/mol. The highest BCUT2D eigenvalue weighted by molar-refractivity contribution is 4.90. The molecule has 2 fully saturated rings. The lowest BCUT2D eigenvalue weighted by atomic mass is 9.78. The zero-order chi connectivity index (χ0) is 14.6. The number of nitrogens with one attached hydrogen (secondary N) is 1. The van der Waals surface area contributed by atoms with Crippen LogP contribution in [-0.2, 0) is 4.74 Å². The molecule has 1 atom stereocenters. The fourth-order valence-electron chi connectivity index (χ4n) is 3.55. The first-order valence-electron chi connectivity index (χ1n) is 8.44. The van der Waals surface area contributed by atoms with Gasteiger partial charge in [-0.2, -0.15) is 0 Å². The van der Waals surface area contributed by atoms with Crippen LogP contribution >= 0.6 is 0 Å². The third kappa shape index (κ3) is 5.01. The van der Waals surface area contributed by atoms with Crippen LogP contribution in [-0.4, -0.2) is 49.8 Å². The quantitative estimate of drug-likeness (QED) is 0.858. The molecular formula is C17H34N2O. The van der Waals surface area contributed by atoms with Crippen LogP contribution in [0, 0.1) is 11.3 Å². The van der Waals surface area contributed by atoms with Crippen LogP contribution in [0.1, 0.15) is 53.4 Å². The number of hydrogen-bond acceptors (Lipinski definition) is 3. The molecule has 2 saturated heterocycles. The number of piperidine rings is 1. The van der Waals surface area contributed by atoms with E-state index in [0.29, 0.717) is 5.41 Å². The number of nitrogens with zero attached hydrogens (tertiary/aromatic N) is 1. The van der Waals surface area contributed by atoms with Crippen molar-refractivity contribution in [2.45, 2.75) is 58.9 Å². The maximum Gasteiger partial charge on any atom is 0.0472 e. The van der Waals surface area contributed by atoms with Crippen LogP contribution in [0.25, 0.3) is 0 Å². The molecule has 2 aliphatic rings. The second-order valence-electron chi connectivity index (χ2n) is 8.20. The Morgan fingerprint density at radius 1 is 1.25 bits per heavy atom. The van der Waals surface area contributed by atoms with Gasteiger partial charge >= 0.3 is 0 Å². The van der Waals surface area contributed by atoms with E-state index >= 15 is 0 Å². The van der Waals surface area contributed by atoms with Crippen molar-refractivity contribution in [3.8, 4) is 0 Å². The molecule has 2 aliphatic heterocycles. The molecule has 3 nitrogen and oxygen atoms in total. The van der Waals surface area contributed by atoms with E-state index in [1.165, 1.54) is 45.3 Å². The Labute approximate surface area is 125 Å². The van der Waals surface area contributed by atoms with Gasteiger partial charge in [0.15, 0.2) is 0 Å². The summed E-state index contributed by atoms with van der Waals surface area (Å²) in [5, 5.41) is 3.75. The minimum Gasteiger partial charge on any atom is -0.381 e. The number of ether oxygens (including phenoxy) is 1. The predicted molar refractivity (Wildman–Crippen MR) is 85.1 cm³/mol. The van der Waals surface area contributed by atoms with Gasteiger partial charge in [-0.05, 0) is 64.3 Å². The lowest BCUT2D eigenvalue weighted by Gasteiger charge is -2.44. The van der Waals surface area contributed by atoms with Gasteiger partial charge in [-0.15, -0.1) is 0 Å². The van der Waals surface area contributed by atoms with Crippen molar-refractivity contribution >= 4 is 0 Å². The topological polar surface area (TPSA) is 24.5 Å². The van der Waals surface area contributed by atoms with Gasteiger partial charge in [-0.3, -0.25) is 0 Å². The zero-order valence-electron chi connectivity index (χ0n) is 14.0. The summed E-state index contributed by atoms with van der Waals surface area (Å²) in [7, 11) is 0. The average molecular weight is 282 g/mol. The van der Waals surface area contributed by atoms with E-state index in [1.807, 2.05) is 0 Å². The van der Waals surface area contributed by atoms with Gasteiger partial charge in [0, 0.05) is 38.4 Å². The molecule has 0 aromatic heterocycles. The third-order valence-electron chi connectivity index (χ3n) is 4.85. The van der Waals surface area contributed by atoms with Crippen molar-refractivity contribution in [2.24, 2.45) is 11.3 Å². The van der Waals surface area contributed by atoms with E-state index in [4.69, 9.17) is 4.74 Å². The van der Waals surface area contributed by atoms with Gasteiger partial charge in [0.25, 0.3) is 0 Å². The van der Waals surface area contributed by atoms with Crippen LogP contribution in [0.2, 0.25) is 0 Å². The molecule has 0 aliphatic carbocycles. The summed E-state index contributed by atoms with van der Waals surface area (Å²) in [6.07, 6.45) is 5.20. The molecule has 0 amide bonds. The molecule has 0 radical (unpaired) electrons. The molecule has 118 valence electrons. The molecule has 1 unspecified atom stereocenters. The van der Waals surface area contributed by atoms with E-state index in [-0.39, 0.29) is 5.54 Å². The van der Waals surface area contributed by atoms with Crippen molar-refractivity contribution in [2.75, 3.05) is 39.4 Å². The van der Waals surface area contributed by atoms with Crippen LogP contribution in [0.15, 0.2) is 0 Å². The first kappa shape index (κ1) is 16.3. The molecule has 0 saturated carbocycles. The molecule has 20 heavy (non-hydrogen) atoms. The van der Waals surface area contributed by atoms with Gasteiger partial charge in [0.2, 0.25) is 0 Å². The molecule has 0 bridgehead atoms. The summed E-state index contributed by atoms with van der Waals surface area (Å²) in [6, 6.07) is 0. The van der Waals surface area contributed by atoms with E-state index in [1.54, 1.807) is 0 Å². The Balaban J connectivity index is 1.95. The second kappa shape index (κ2) is 6.76. The first-order chi connectivity index (χ1) is 9.39. The summed E-state index contributed by atoms with van der Waals surface area (Å²) in [5.74, 6) is 0.871. The van der Waals surface area contributed by atoms with E-state index in [0.717, 1.165) is 25.7 Å². The molecule has 0 spiro atoms. The third-order valence-corrected chi connectivity index (χ3v) is 4.85. The molecule has 0 aromatic rings. The van der Waals surface area contributed by atoms with Crippen LogP contribution in [0.3, 0.4) is 0 Å². The Morgan fingerprint density at radius 2 is 1.95 bits per heavy atom. The Morgan fingerprint density at radius 3 is 2.55 bits per heavy atom. The average Bonchev–Trinajstić information content (AvgIpc) is 2.37. The highest BCUT2D eigenvalue weighted by Crippen LogP contribution is 2.33. The molecule has 0 aromatic carbocycles. The Hall–Kier alpha value is -0.120. The fraction of sp³-hybridized carbons (Fsp3) is 1.00. The summed E-state index contributed by atoms with van der Waals surface area (Å²) >= 11 is 0. The van der Waals surface area contributed by atoms with Gasteiger partial charge in [-0.25, -0.2) is 0 Å². The van der Waals surface area contributed by atoms with Gasteiger partial charge in [0.05, 0.1) is 0 Å². The number of hydrogen-bond donors (Lipinski definition) is 1. The van der Waals surface area contributed by atoms with Crippen molar-refractivity contribution in [1.29, 1.82) is 0 Å². The van der Waals surface area contributed by atoms with E-state index < -0.39 is 0 Å². The van der Waals surface area contributed by atoms with E-state index in [9.17, 15) is 0 Å².